The predicted octanol–water partition coefficient (Wildman–Crippen LogP) is 2.49. The van der Waals surface area contributed by atoms with Crippen LogP contribution >= 0.6 is 0 Å². The third-order valence-corrected chi connectivity index (χ3v) is 5.00. The van der Waals surface area contributed by atoms with Crippen LogP contribution in [-0.4, -0.2) is 31.7 Å². The van der Waals surface area contributed by atoms with Gasteiger partial charge >= 0.3 is 0 Å². The molecule has 26 heavy (non-hydrogen) atoms. The molecule has 7 heteroatoms. The number of carbonyl (C=O) groups excluding carboxylic acids is 1. The lowest BCUT2D eigenvalue weighted by molar-refractivity contribution is -0.120. The number of hydrogen-bond acceptors (Lipinski definition) is 5. The van der Waals surface area contributed by atoms with Crippen molar-refractivity contribution in [1.29, 1.82) is 0 Å². The lowest BCUT2D eigenvalue weighted by Crippen LogP contribution is -2.32. The van der Waals surface area contributed by atoms with Gasteiger partial charge in [0, 0.05) is 48.5 Å². The molecule has 0 aromatic carbocycles. The van der Waals surface area contributed by atoms with Crippen LogP contribution in [0.4, 0.5) is 5.82 Å². The molecular weight excluding hydrogens is 328 g/mol. The van der Waals surface area contributed by atoms with E-state index in [2.05, 4.69) is 20.4 Å². The molecule has 3 N–H and O–H groups in total. The van der Waals surface area contributed by atoms with Crippen LogP contribution in [0.3, 0.4) is 0 Å². The average molecular weight is 350 g/mol. The Kier molecular flexibility index (Phi) is 4.38. The fourth-order valence-corrected chi connectivity index (χ4v) is 3.43. The van der Waals surface area contributed by atoms with E-state index in [1.807, 2.05) is 25.4 Å². The first-order valence-corrected chi connectivity index (χ1v) is 8.90. The van der Waals surface area contributed by atoms with Crippen molar-refractivity contribution in [2.75, 3.05) is 5.32 Å². The van der Waals surface area contributed by atoms with E-state index in [4.69, 9.17) is 5.73 Å². The highest BCUT2D eigenvalue weighted by molar-refractivity contribution is 5.94. The third-order valence-electron chi connectivity index (χ3n) is 5.00. The minimum Gasteiger partial charge on any atom is -0.328 e. The Morgan fingerprint density at radius 3 is 2.62 bits per heavy atom. The summed E-state index contributed by atoms with van der Waals surface area (Å²) < 4.78 is 1.75. The van der Waals surface area contributed by atoms with Gasteiger partial charge in [-0.25, -0.2) is 4.98 Å². The van der Waals surface area contributed by atoms with E-state index in [0.29, 0.717) is 5.82 Å². The van der Waals surface area contributed by atoms with Crippen molar-refractivity contribution in [1.82, 2.24) is 19.7 Å². The van der Waals surface area contributed by atoms with Gasteiger partial charge in [0.25, 0.3) is 0 Å². The molecule has 1 aliphatic carbocycles. The highest BCUT2D eigenvalue weighted by atomic mass is 16.1. The maximum Gasteiger partial charge on any atom is 0.228 e. The van der Waals surface area contributed by atoms with Gasteiger partial charge in [-0.3, -0.25) is 14.5 Å². The number of nitrogens with two attached hydrogens (primary N) is 1. The lowest BCUT2D eigenvalue weighted by Gasteiger charge is -2.24. The van der Waals surface area contributed by atoms with Crippen molar-refractivity contribution in [3.63, 3.8) is 0 Å². The van der Waals surface area contributed by atoms with E-state index in [-0.39, 0.29) is 17.9 Å². The minimum atomic E-state index is 0.0238. The van der Waals surface area contributed by atoms with Gasteiger partial charge in [-0.1, -0.05) is 0 Å². The van der Waals surface area contributed by atoms with Crippen LogP contribution in [0.5, 0.6) is 0 Å². The van der Waals surface area contributed by atoms with Crippen LogP contribution in [0.15, 0.2) is 36.9 Å². The third kappa shape index (κ3) is 3.43. The van der Waals surface area contributed by atoms with Crippen molar-refractivity contribution < 1.29 is 4.79 Å². The molecule has 0 saturated heterocycles. The predicted molar refractivity (Wildman–Crippen MR) is 100 cm³/mol. The molecule has 3 heterocycles. The zero-order valence-electron chi connectivity index (χ0n) is 14.7. The Balaban J connectivity index is 1.55. The molecular formula is C19H22N6O. The second-order valence-electron chi connectivity index (χ2n) is 6.99. The van der Waals surface area contributed by atoms with Crippen molar-refractivity contribution in [3.8, 4) is 11.3 Å². The van der Waals surface area contributed by atoms with E-state index in [1.165, 1.54) is 0 Å². The Labute approximate surface area is 151 Å². The van der Waals surface area contributed by atoms with E-state index in [1.54, 1.807) is 23.3 Å². The summed E-state index contributed by atoms with van der Waals surface area (Å²) >= 11 is 0. The smallest absolute Gasteiger partial charge is 0.228 e. The molecule has 3 aromatic rings. The number of hydrogen-bond donors (Lipinski definition) is 2. The van der Waals surface area contributed by atoms with Crippen molar-refractivity contribution in [3.05, 3.63) is 36.9 Å². The van der Waals surface area contributed by atoms with Gasteiger partial charge in [0.05, 0.1) is 11.9 Å². The quantitative estimate of drug-likeness (QED) is 0.756. The number of carbonyl (C=O) groups is 1. The van der Waals surface area contributed by atoms with Crippen LogP contribution in [0.2, 0.25) is 0 Å². The van der Waals surface area contributed by atoms with Crippen LogP contribution in [0, 0.1) is 5.92 Å². The first kappa shape index (κ1) is 16.7. The number of anilines is 1. The van der Waals surface area contributed by atoms with E-state index in [0.717, 1.165) is 47.7 Å². The summed E-state index contributed by atoms with van der Waals surface area (Å²) in [4.78, 5) is 21.3. The largest absolute Gasteiger partial charge is 0.328 e. The molecule has 134 valence electrons. The van der Waals surface area contributed by atoms with Crippen LogP contribution in [0.1, 0.15) is 25.7 Å². The van der Waals surface area contributed by atoms with Gasteiger partial charge in [0.15, 0.2) is 0 Å². The Hall–Kier alpha value is -2.80. The molecule has 1 fully saturated rings. The standard InChI is InChI=1S/C19H22N6O/c1-25-11-15(10-23-25)17-6-13-7-18(22-9-14(13)8-21-17)24-19(26)12-2-4-16(20)5-3-12/h6-12,16H,2-5,20H2,1H3,(H,22,24,26)/t12-,16-. The number of amides is 1. The number of aromatic nitrogens is 4. The first-order chi connectivity index (χ1) is 12.6. The lowest BCUT2D eigenvalue weighted by atomic mass is 9.86. The van der Waals surface area contributed by atoms with Crippen LogP contribution in [0.25, 0.3) is 22.0 Å². The topological polar surface area (TPSA) is 98.7 Å². The SMILES string of the molecule is Cn1cc(-c2cc3cc(NC(=O)[C@H]4CC[C@H](N)CC4)ncc3cn2)cn1. The van der Waals surface area contributed by atoms with E-state index >= 15 is 0 Å². The number of aryl methyl sites for hydroxylation is 1. The first-order valence-electron chi connectivity index (χ1n) is 8.90. The molecule has 0 radical (unpaired) electrons. The molecule has 7 nitrogen and oxygen atoms in total. The molecule has 3 aromatic heterocycles. The van der Waals surface area contributed by atoms with Gasteiger partial charge in [0.1, 0.15) is 5.82 Å². The minimum absolute atomic E-state index is 0.0238. The number of pyridine rings is 2. The second kappa shape index (κ2) is 6.84. The summed E-state index contributed by atoms with van der Waals surface area (Å²) in [6.07, 6.45) is 10.7. The summed E-state index contributed by atoms with van der Waals surface area (Å²) in [7, 11) is 1.88. The Morgan fingerprint density at radius 1 is 1.12 bits per heavy atom. The second-order valence-corrected chi connectivity index (χ2v) is 6.99. The summed E-state index contributed by atoms with van der Waals surface area (Å²) in [6, 6.07) is 4.11. The molecule has 0 spiro atoms. The van der Waals surface area contributed by atoms with Crippen LogP contribution < -0.4 is 11.1 Å². The highest BCUT2D eigenvalue weighted by Crippen LogP contribution is 2.26. The number of nitrogens with one attached hydrogen (secondary N) is 1. The summed E-state index contributed by atoms with van der Waals surface area (Å²) in [6.45, 7) is 0. The summed E-state index contributed by atoms with van der Waals surface area (Å²) in [5.74, 6) is 0.627. The fraction of sp³-hybridized carbons (Fsp3) is 0.368. The van der Waals surface area contributed by atoms with Gasteiger partial charge in [-0.2, -0.15) is 5.10 Å². The highest BCUT2D eigenvalue weighted by Gasteiger charge is 2.24. The molecule has 1 amide bonds. The Morgan fingerprint density at radius 2 is 1.88 bits per heavy atom. The van der Waals surface area contributed by atoms with Crippen molar-refractivity contribution in [2.24, 2.45) is 18.7 Å². The molecule has 0 aliphatic heterocycles. The zero-order valence-corrected chi connectivity index (χ0v) is 14.7. The number of nitrogens with zero attached hydrogens (tertiary/aromatic N) is 4. The molecule has 1 aliphatic rings. The molecule has 0 bridgehead atoms. The number of rotatable bonds is 3. The average Bonchev–Trinajstić information content (AvgIpc) is 3.08. The number of fused-ring (bicyclic) bond motifs is 1. The van der Waals surface area contributed by atoms with Crippen molar-refractivity contribution in [2.45, 2.75) is 31.7 Å². The van der Waals surface area contributed by atoms with Crippen molar-refractivity contribution >= 4 is 22.5 Å². The normalized spacial score (nSPS) is 20.2. The molecule has 0 unspecified atom stereocenters. The van der Waals surface area contributed by atoms with Gasteiger partial charge in [-0.05, 0) is 43.2 Å². The summed E-state index contributed by atoms with van der Waals surface area (Å²) in [5, 5.41) is 9.05. The molecule has 0 atom stereocenters. The maximum atomic E-state index is 12.5. The molecule has 4 rings (SSSR count). The fourth-order valence-electron chi connectivity index (χ4n) is 3.43. The van der Waals surface area contributed by atoms with Gasteiger partial charge in [0.2, 0.25) is 5.91 Å². The van der Waals surface area contributed by atoms with Gasteiger partial charge < -0.3 is 11.1 Å². The van der Waals surface area contributed by atoms with E-state index in [9.17, 15) is 4.79 Å². The maximum absolute atomic E-state index is 12.5. The molecule has 1 saturated carbocycles. The Bertz CT molecular complexity index is 942. The monoisotopic (exact) mass is 350 g/mol. The van der Waals surface area contributed by atoms with E-state index < -0.39 is 0 Å². The van der Waals surface area contributed by atoms with Gasteiger partial charge in [-0.15, -0.1) is 0 Å². The zero-order chi connectivity index (χ0) is 18.1. The summed E-state index contributed by atoms with van der Waals surface area (Å²) in [5.41, 5.74) is 7.72. The van der Waals surface area contributed by atoms with Crippen LogP contribution in [-0.2, 0) is 11.8 Å².